The number of nitrogens with zero attached hydrogens (tertiary/aromatic N) is 4. The molecule has 1 atom stereocenters. The van der Waals surface area contributed by atoms with Gasteiger partial charge in [0, 0.05) is 57.5 Å². The van der Waals surface area contributed by atoms with Crippen LogP contribution in [0.2, 0.25) is 0 Å². The molecule has 5 heteroatoms. The molecule has 0 spiro atoms. The van der Waals surface area contributed by atoms with Crippen LogP contribution in [0, 0.1) is 6.92 Å². The lowest BCUT2D eigenvalue weighted by molar-refractivity contribution is -0.133. The maximum atomic E-state index is 13.4. The second-order valence-electron chi connectivity index (χ2n) is 8.88. The van der Waals surface area contributed by atoms with Crippen LogP contribution in [0.3, 0.4) is 0 Å². The van der Waals surface area contributed by atoms with Crippen LogP contribution < -0.4 is 0 Å². The summed E-state index contributed by atoms with van der Waals surface area (Å²) in [7, 11) is 0. The Balaban J connectivity index is 1.31. The molecule has 0 saturated carbocycles. The molecule has 0 N–H and O–H groups in total. The summed E-state index contributed by atoms with van der Waals surface area (Å²) in [6.07, 6.45) is 4.43. The highest BCUT2D eigenvalue weighted by Crippen LogP contribution is 2.30. The van der Waals surface area contributed by atoms with Gasteiger partial charge >= 0.3 is 0 Å². The highest BCUT2D eigenvalue weighted by Gasteiger charge is 2.27. The number of rotatable bonds is 6. The van der Waals surface area contributed by atoms with Crippen molar-refractivity contribution in [1.82, 2.24) is 19.2 Å². The molecule has 168 valence electrons. The van der Waals surface area contributed by atoms with Gasteiger partial charge in [0.05, 0.1) is 5.69 Å². The zero-order chi connectivity index (χ0) is 22.6. The Bertz CT molecular complexity index is 1210. The van der Waals surface area contributed by atoms with Gasteiger partial charge in [0.2, 0.25) is 5.91 Å². The van der Waals surface area contributed by atoms with Gasteiger partial charge < -0.3 is 9.30 Å². The topological polar surface area (TPSA) is 40.9 Å². The highest BCUT2D eigenvalue weighted by atomic mass is 16.2. The van der Waals surface area contributed by atoms with E-state index in [4.69, 9.17) is 0 Å². The Hall–Kier alpha value is -3.44. The van der Waals surface area contributed by atoms with Crippen molar-refractivity contribution in [1.29, 1.82) is 0 Å². The molecule has 1 unspecified atom stereocenters. The third kappa shape index (κ3) is 4.69. The molecular weight excluding hydrogens is 408 g/mol. The van der Waals surface area contributed by atoms with Crippen molar-refractivity contribution in [2.24, 2.45) is 0 Å². The standard InChI is InChI=1S/C28H30N4O/c1-22-9-8-14-32-26(20-29-28(22)32)25(24-12-6-3-7-13-24)19-27(33)31-17-15-30(16-18-31)21-23-10-4-2-5-11-23/h2-14,20,25H,15-19,21H2,1H3. The summed E-state index contributed by atoms with van der Waals surface area (Å²) >= 11 is 0. The monoisotopic (exact) mass is 438 g/mol. The number of fused-ring (bicyclic) bond motifs is 1. The molecule has 1 amide bonds. The summed E-state index contributed by atoms with van der Waals surface area (Å²) in [5, 5.41) is 0. The first kappa shape index (κ1) is 21.4. The molecule has 0 aliphatic carbocycles. The van der Waals surface area contributed by atoms with E-state index >= 15 is 0 Å². The third-order valence-electron chi connectivity index (χ3n) is 6.67. The van der Waals surface area contributed by atoms with Crippen molar-refractivity contribution in [3.8, 4) is 0 Å². The summed E-state index contributed by atoms with van der Waals surface area (Å²) in [4.78, 5) is 22.6. The van der Waals surface area contributed by atoms with E-state index in [0.29, 0.717) is 6.42 Å². The number of pyridine rings is 1. The maximum Gasteiger partial charge on any atom is 0.223 e. The fourth-order valence-corrected chi connectivity index (χ4v) is 4.81. The average molecular weight is 439 g/mol. The molecule has 3 heterocycles. The Morgan fingerprint density at radius 2 is 1.61 bits per heavy atom. The fraction of sp³-hybridized carbons (Fsp3) is 0.286. The van der Waals surface area contributed by atoms with Gasteiger partial charge in [-0.15, -0.1) is 0 Å². The van der Waals surface area contributed by atoms with Gasteiger partial charge in [0.15, 0.2) is 0 Å². The van der Waals surface area contributed by atoms with E-state index in [1.807, 2.05) is 47.6 Å². The number of imidazole rings is 1. The number of amides is 1. The van der Waals surface area contributed by atoms with Crippen LogP contribution in [-0.4, -0.2) is 51.3 Å². The van der Waals surface area contributed by atoms with Crippen LogP contribution in [0.1, 0.15) is 34.7 Å². The molecule has 5 rings (SSSR count). The second kappa shape index (κ2) is 9.59. The first-order valence-electron chi connectivity index (χ1n) is 11.7. The van der Waals surface area contributed by atoms with E-state index in [0.717, 1.165) is 55.2 Å². The molecule has 1 fully saturated rings. The predicted octanol–water partition coefficient (Wildman–Crippen LogP) is 4.51. The number of aryl methyl sites for hydroxylation is 1. The number of aromatic nitrogens is 2. The second-order valence-corrected chi connectivity index (χ2v) is 8.88. The average Bonchev–Trinajstić information content (AvgIpc) is 3.29. The quantitative estimate of drug-likeness (QED) is 0.445. The summed E-state index contributed by atoms with van der Waals surface area (Å²) in [6, 6.07) is 25.0. The van der Waals surface area contributed by atoms with E-state index in [1.165, 1.54) is 5.56 Å². The normalized spacial score (nSPS) is 15.6. The lowest BCUT2D eigenvalue weighted by Gasteiger charge is -2.35. The number of hydrogen-bond donors (Lipinski definition) is 0. The van der Waals surface area contributed by atoms with Crippen LogP contribution in [0.25, 0.3) is 5.65 Å². The summed E-state index contributed by atoms with van der Waals surface area (Å²) in [5.41, 5.74) is 5.63. The van der Waals surface area contributed by atoms with E-state index in [9.17, 15) is 4.79 Å². The van der Waals surface area contributed by atoms with Crippen LogP contribution >= 0.6 is 0 Å². The number of carbonyl (C=O) groups excluding carboxylic acids is 1. The van der Waals surface area contributed by atoms with E-state index in [-0.39, 0.29) is 11.8 Å². The molecule has 0 radical (unpaired) electrons. The summed E-state index contributed by atoms with van der Waals surface area (Å²) in [6.45, 7) is 6.39. The van der Waals surface area contributed by atoms with E-state index in [1.54, 1.807) is 0 Å². The molecule has 2 aromatic carbocycles. The smallest absolute Gasteiger partial charge is 0.223 e. The highest BCUT2D eigenvalue weighted by molar-refractivity contribution is 5.78. The van der Waals surface area contributed by atoms with Gasteiger partial charge in [-0.2, -0.15) is 0 Å². The van der Waals surface area contributed by atoms with E-state index in [2.05, 4.69) is 63.7 Å². The lowest BCUT2D eigenvalue weighted by atomic mass is 9.92. The van der Waals surface area contributed by atoms with Gasteiger partial charge in [0.1, 0.15) is 5.65 Å². The molecule has 1 aliphatic heterocycles. The van der Waals surface area contributed by atoms with Crippen molar-refractivity contribution < 1.29 is 4.79 Å². The molecule has 4 aromatic rings. The first-order valence-corrected chi connectivity index (χ1v) is 11.7. The largest absolute Gasteiger partial charge is 0.340 e. The minimum absolute atomic E-state index is 0.0298. The number of carbonyl (C=O) groups is 1. The van der Waals surface area contributed by atoms with Gasteiger partial charge in [-0.05, 0) is 29.7 Å². The van der Waals surface area contributed by atoms with Crippen LogP contribution in [-0.2, 0) is 11.3 Å². The third-order valence-corrected chi connectivity index (χ3v) is 6.67. The van der Waals surface area contributed by atoms with Crippen molar-refractivity contribution >= 4 is 11.6 Å². The molecular formula is C28H30N4O. The fourth-order valence-electron chi connectivity index (χ4n) is 4.81. The first-order chi connectivity index (χ1) is 16.2. The Morgan fingerprint density at radius 3 is 2.33 bits per heavy atom. The Morgan fingerprint density at radius 1 is 0.909 bits per heavy atom. The van der Waals surface area contributed by atoms with Crippen molar-refractivity contribution in [3.05, 3.63) is 108 Å². The molecule has 33 heavy (non-hydrogen) atoms. The Kier molecular flexibility index (Phi) is 6.22. The van der Waals surface area contributed by atoms with Crippen molar-refractivity contribution in [2.75, 3.05) is 26.2 Å². The molecule has 1 aliphatic rings. The number of benzene rings is 2. The number of piperazine rings is 1. The van der Waals surface area contributed by atoms with Crippen LogP contribution in [0.4, 0.5) is 0 Å². The Labute approximate surface area is 195 Å². The molecule has 1 saturated heterocycles. The summed E-state index contributed by atoms with van der Waals surface area (Å²) in [5.74, 6) is 0.184. The van der Waals surface area contributed by atoms with Crippen LogP contribution in [0.5, 0.6) is 0 Å². The van der Waals surface area contributed by atoms with Gasteiger partial charge in [-0.3, -0.25) is 9.69 Å². The molecule has 0 bridgehead atoms. The van der Waals surface area contributed by atoms with Crippen molar-refractivity contribution in [2.45, 2.75) is 25.8 Å². The SMILES string of the molecule is Cc1cccn2c(C(CC(=O)N3CCN(Cc4ccccc4)CC3)c3ccccc3)cnc12. The zero-order valence-corrected chi connectivity index (χ0v) is 19.1. The minimum atomic E-state index is -0.0298. The lowest BCUT2D eigenvalue weighted by Crippen LogP contribution is -2.48. The predicted molar refractivity (Wildman–Crippen MR) is 131 cm³/mol. The molecule has 2 aromatic heterocycles. The van der Waals surface area contributed by atoms with Crippen LogP contribution in [0.15, 0.2) is 85.2 Å². The maximum absolute atomic E-state index is 13.4. The van der Waals surface area contributed by atoms with Gasteiger partial charge in [-0.1, -0.05) is 66.7 Å². The number of hydrogen-bond acceptors (Lipinski definition) is 3. The van der Waals surface area contributed by atoms with Crippen molar-refractivity contribution in [3.63, 3.8) is 0 Å². The van der Waals surface area contributed by atoms with Gasteiger partial charge in [-0.25, -0.2) is 4.98 Å². The molecule has 5 nitrogen and oxygen atoms in total. The van der Waals surface area contributed by atoms with E-state index < -0.39 is 0 Å². The minimum Gasteiger partial charge on any atom is -0.340 e. The summed E-state index contributed by atoms with van der Waals surface area (Å²) < 4.78 is 2.14. The van der Waals surface area contributed by atoms with Gasteiger partial charge in [0.25, 0.3) is 0 Å². The zero-order valence-electron chi connectivity index (χ0n) is 19.1.